The summed E-state index contributed by atoms with van der Waals surface area (Å²) in [5.41, 5.74) is 6.00. The summed E-state index contributed by atoms with van der Waals surface area (Å²) in [6.07, 6.45) is 1.65. The van der Waals surface area contributed by atoms with E-state index in [2.05, 4.69) is 24.3 Å². The molecule has 49 heavy (non-hydrogen) atoms. The van der Waals surface area contributed by atoms with Gasteiger partial charge in [-0.25, -0.2) is 0 Å². The maximum Gasteiger partial charge on any atom is 0.166 e. The topological polar surface area (TPSA) is 147 Å². The van der Waals surface area contributed by atoms with Crippen LogP contribution >= 0.6 is 0 Å². The zero-order valence-electron chi connectivity index (χ0n) is 27.2. The molecule has 6 N–H and O–H groups in total. The van der Waals surface area contributed by atoms with E-state index in [4.69, 9.17) is 0 Å². The van der Waals surface area contributed by atoms with Crippen molar-refractivity contribution in [2.45, 2.75) is 85.6 Å². The van der Waals surface area contributed by atoms with Crippen LogP contribution in [0.1, 0.15) is 103 Å². The fourth-order valence-corrected chi connectivity index (χ4v) is 10.8. The van der Waals surface area contributed by atoms with Crippen LogP contribution in [0.2, 0.25) is 0 Å². The Kier molecular flexibility index (Phi) is 7.59. The van der Waals surface area contributed by atoms with Crippen LogP contribution in [-0.4, -0.2) is 60.9 Å². The van der Waals surface area contributed by atoms with Crippen LogP contribution in [0.25, 0.3) is 0 Å². The van der Waals surface area contributed by atoms with Gasteiger partial charge in [-0.3, -0.25) is 9.59 Å². The third kappa shape index (κ3) is 4.46. The number of carbonyl (C=O) groups is 2. The zero-order chi connectivity index (χ0) is 32.9. The summed E-state index contributed by atoms with van der Waals surface area (Å²) in [5.74, 6) is -0.720. The number of hydrogen-bond donors (Lipinski definition) is 4. The highest BCUT2D eigenvalue weighted by atomic mass is 16.3. The fraction of sp³-hybridized carbons (Fsp3) is 0.381. The van der Waals surface area contributed by atoms with Crippen molar-refractivity contribution in [3.8, 4) is 0 Å². The normalized spacial score (nSPS) is 35.8. The molecule has 0 radical (unpaired) electrons. The highest BCUT2D eigenvalue weighted by molar-refractivity contribution is 6.04. The van der Waals surface area contributed by atoms with Crippen LogP contribution in [-0.2, 0) is 12.8 Å². The Balaban J connectivity index is 0.000000139. The molecular weight excluding hydrogens is 616 g/mol. The lowest BCUT2D eigenvalue weighted by atomic mass is 9.56. The van der Waals surface area contributed by atoms with Gasteiger partial charge in [-0.1, -0.05) is 97.1 Å². The third-order valence-electron chi connectivity index (χ3n) is 13.0. The molecule has 10 rings (SSSR count). The van der Waals surface area contributed by atoms with Gasteiger partial charge in [0.2, 0.25) is 0 Å². The molecule has 2 saturated carbocycles. The smallest absolute Gasteiger partial charge is 0.166 e. The molecule has 7 nitrogen and oxygen atoms in total. The summed E-state index contributed by atoms with van der Waals surface area (Å²) in [7, 11) is 0. The Hall–Kier alpha value is -3.98. The largest absolute Gasteiger partial charge is 0.412 e. The van der Waals surface area contributed by atoms with Gasteiger partial charge < -0.3 is 25.9 Å². The number of hydrogen-bond acceptors (Lipinski definition) is 6. The monoisotopic (exact) mass is 658 g/mol. The van der Waals surface area contributed by atoms with E-state index in [0.717, 1.165) is 46.2 Å². The summed E-state index contributed by atoms with van der Waals surface area (Å²) in [4.78, 5) is 25.7. The van der Waals surface area contributed by atoms with Crippen molar-refractivity contribution in [2.75, 3.05) is 0 Å². The number of aliphatic hydroxyl groups is 4. The summed E-state index contributed by atoms with van der Waals surface area (Å²) in [5, 5.41) is 44.3. The van der Waals surface area contributed by atoms with Gasteiger partial charge in [0.05, 0.1) is 23.4 Å². The molecule has 0 amide bonds. The number of carbonyl (C=O) groups excluding carboxylic acids is 2. The first-order chi connectivity index (χ1) is 23.2. The average molecular weight is 659 g/mol. The molecule has 2 fully saturated rings. The molecule has 10 atom stereocenters. The molecule has 252 valence electrons. The van der Waals surface area contributed by atoms with Crippen molar-refractivity contribution < 1.29 is 35.5 Å². The maximum absolute atomic E-state index is 12.9. The quantitative estimate of drug-likeness (QED) is 0.214. The molecule has 0 aliphatic heterocycles. The molecule has 0 saturated heterocycles. The van der Waals surface area contributed by atoms with E-state index in [0.29, 0.717) is 25.7 Å². The number of aryl methyl sites for hydroxylation is 2. The SMILES string of the molecule is O.O=C1c2ccccc2[C@H]2[C@@H]1C[C@H](O)[C@@]1(O)CCc3ccccc3[C@@H]21.O=C1c2ccccc2[C@H]2[C@@H]1C[C@H](O)[C@@]1(O)CCc3ccccc3[C@@H]21. The van der Waals surface area contributed by atoms with E-state index < -0.39 is 23.4 Å². The van der Waals surface area contributed by atoms with E-state index in [1.54, 1.807) is 0 Å². The molecule has 0 spiro atoms. The molecule has 6 aliphatic carbocycles. The highest BCUT2D eigenvalue weighted by Gasteiger charge is 2.61. The van der Waals surface area contributed by atoms with Crippen LogP contribution in [0.15, 0.2) is 97.1 Å². The molecule has 0 bridgehead atoms. The lowest BCUT2D eigenvalue weighted by Crippen LogP contribution is -2.57. The number of fused-ring (bicyclic) bond motifs is 14. The fourth-order valence-electron chi connectivity index (χ4n) is 10.8. The van der Waals surface area contributed by atoms with Crippen molar-refractivity contribution in [3.05, 3.63) is 142 Å². The first kappa shape index (κ1) is 32.2. The molecule has 0 aromatic heterocycles. The number of rotatable bonds is 0. The minimum Gasteiger partial charge on any atom is -0.412 e. The highest BCUT2D eigenvalue weighted by Crippen LogP contribution is 2.61. The summed E-state index contributed by atoms with van der Waals surface area (Å²) >= 11 is 0. The van der Waals surface area contributed by atoms with Crippen molar-refractivity contribution in [1.82, 2.24) is 0 Å². The number of benzene rings is 4. The third-order valence-corrected chi connectivity index (χ3v) is 13.0. The maximum atomic E-state index is 12.9. The van der Waals surface area contributed by atoms with Gasteiger partial charge in [0.25, 0.3) is 0 Å². The second kappa shape index (κ2) is 11.5. The number of ketones is 2. The minimum absolute atomic E-state index is 0. The van der Waals surface area contributed by atoms with Crippen molar-refractivity contribution in [2.24, 2.45) is 11.8 Å². The van der Waals surface area contributed by atoms with E-state index in [1.165, 1.54) is 11.1 Å². The van der Waals surface area contributed by atoms with Gasteiger partial charge in [-0.15, -0.1) is 0 Å². The molecular formula is C42H42O7. The molecule has 4 aromatic rings. The van der Waals surface area contributed by atoms with Crippen molar-refractivity contribution in [3.63, 3.8) is 0 Å². The Morgan fingerprint density at radius 2 is 0.857 bits per heavy atom. The molecule has 7 heteroatoms. The van der Waals surface area contributed by atoms with Gasteiger partial charge in [0.1, 0.15) is 0 Å². The lowest BCUT2D eigenvalue weighted by Gasteiger charge is -2.52. The van der Waals surface area contributed by atoms with Crippen LogP contribution in [0.3, 0.4) is 0 Å². The van der Waals surface area contributed by atoms with Gasteiger partial charge in [-0.05, 0) is 71.9 Å². The van der Waals surface area contributed by atoms with Gasteiger partial charge in [0, 0.05) is 46.6 Å². The van der Waals surface area contributed by atoms with Gasteiger partial charge in [0.15, 0.2) is 11.6 Å². The molecule has 0 unspecified atom stereocenters. The summed E-state index contributed by atoms with van der Waals surface area (Å²) < 4.78 is 0. The second-order valence-corrected chi connectivity index (χ2v) is 15.0. The lowest BCUT2D eigenvalue weighted by molar-refractivity contribution is -0.135. The first-order valence-corrected chi connectivity index (χ1v) is 17.4. The first-order valence-electron chi connectivity index (χ1n) is 17.4. The summed E-state index contributed by atoms with van der Waals surface area (Å²) in [6.45, 7) is 0. The Morgan fingerprint density at radius 3 is 1.27 bits per heavy atom. The standard InChI is InChI=1S/2C21H20O3.H2O/c2*22-17-11-16-18(14-7-3-4-8-15(14)20(16)23)19-13-6-2-1-5-12(13)9-10-21(17,19)24;/h2*1-8,16-19,22,24H,9-11H2;1H2/t2*16-,17-,18-,19-,21-;/m00./s1. The second-order valence-electron chi connectivity index (χ2n) is 15.0. The molecule has 0 heterocycles. The predicted molar refractivity (Wildman–Crippen MR) is 184 cm³/mol. The van der Waals surface area contributed by atoms with Crippen LogP contribution in [0.4, 0.5) is 0 Å². The van der Waals surface area contributed by atoms with E-state index in [-0.39, 0.29) is 52.6 Å². The van der Waals surface area contributed by atoms with E-state index in [9.17, 15) is 30.0 Å². The summed E-state index contributed by atoms with van der Waals surface area (Å²) in [6, 6.07) is 31.9. The predicted octanol–water partition coefficient (Wildman–Crippen LogP) is 4.79. The number of aliphatic hydroxyl groups excluding tert-OH is 2. The van der Waals surface area contributed by atoms with E-state index >= 15 is 0 Å². The molecule has 6 aliphatic rings. The number of Topliss-reactive ketones (excluding diaryl/α,β-unsaturated/α-hetero) is 2. The Bertz CT molecular complexity index is 1830. The van der Waals surface area contributed by atoms with E-state index in [1.807, 2.05) is 72.8 Å². The average Bonchev–Trinajstić information content (AvgIpc) is 3.55. The van der Waals surface area contributed by atoms with Crippen LogP contribution in [0.5, 0.6) is 0 Å². The Morgan fingerprint density at radius 1 is 0.510 bits per heavy atom. The van der Waals surface area contributed by atoms with Crippen LogP contribution < -0.4 is 0 Å². The minimum atomic E-state index is -1.15. The molecule has 4 aromatic carbocycles. The zero-order valence-corrected chi connectivity index (χ0v) is 27.2. The Labute approximate surface area is 285 Å². The van der Waals surface area contributed by atoms with Crippen LogP contribution in [0, 0.1) is 11.8 Å². The van der Waals surface area contributed by atoms with Gasteiger partial charge >= 0.3 is 0 Å². The van der Waals surface area contributed by atoms with Gasteiger partial charge in [-0.2, -0.15) is 0 Å². The van der Waals surface area contributed by atoms with Crippen molar-refractivity contribution >= 4 is 11.6 Å². The van der Waals surface area contributed by atoms with Crippen molar-refractivity contribution in [1.29, 1.82) is 0 Å².